The first kappa shape index (κ1) is 22.5. The van der Waals surface area contributed by atoms with E-state index in [-0.39, 0.29) is 30.6 Å². The Bertz CT molecular complexity index is 1000. The molecule has 0 spiro atoms. The maximum Gasteiger partial charge on any atom is 0.306 e. The van der Waals surface area contributed by atoms with Crippen LogP contribution >= 0.6 is 0 Å². The predicted molar refractivity (Wildman–Crippen MR) is 111 cm³/mol. The fourth-order valence-corrected chi connectivity index (χ4v) is 3.39. The van der Waals surface area contributed by atoms with E-state index >= 15 is 0 Å². The highest BCUT2D eigenvalue weighted by atomic mass is 16.5. The van der Waals surface area contributed by atoms with Crippen LogP contribution in [-0.4, -0.2) is 73.0 Å². The Kier molecular flexibility index (Phi) is 7.45. The van der Waals surface area contributed by atoms with Crippen molar-refractivity contribution in [3.63, 3.8) is 0 Å². The summed E-state index contributed by atoms with van der Waals surface area (Å²) in [5.41, 5.74) is 0.255. The molecule has 1 atom stereocenters. The van der Waals surface area contributed by atoms with Gasteiger partial charge in [-0.05, 0) is 19.4 Å². The molecule has 0 radical (unpaired) electrons. The summed E-state index contributed by atoms with van der Waals surface area (Å²) in [4.78, 5) is 42.8. The second-order valence-electron chi connectivity index (χ2n) is 7.25. The second kappa shape index (κ2) is 10.3. The molecule has 0 aliphatic carbocycles. The molecule has 10 nitrogen and oxygen atoms in total. The maximum absolute atomic E-state index is 12.7. The van der Waals surface area contributed by atoms with E-state index in [0.29, 0.717) is 55.1 Å². The monoisotopic (exact) mass is 433 g/mol. The van der Waals surface area contributed by atoms with E-state index in [0.717, 1.165) is 0 Å². The number of carbonyl (C=O) groups excluding carboxylic acids is 2. The molecule has 2 heterocycles. The molecular formula is C21H27N3O7. The first-order chi connectivity index (χ1) is 14.9. The van der Waals surface area contributed by atoms with Crippen molar-refractivity contribution in [2.45, 2.75) is 32.4 Å². The number of ether oxygens (including phenoxy) is 4. The molecule has 1 aliphatic heterocycles. The summed E-state index contributed by atoms with van der Waals surface area (Å²) in [5.74, 6) is 0.212. The Hall–Kier alpha value is -3.14. The number of morpholine rings is 1. The molecule has 0 saturated carbocycles. The van der Waals surface area contributed by atoms with Crippen molar-refractivity contribution in [1.29, 1.82) is 0 Å². The molecule has 1 aromatic carbocycles. The number of rotatable bonds is 8. The average Bonchev–Trinajstić information content (AvgIpc) is 2.78. The van der Waals surface area contributed by atoms with Crippen molar-refractivity contribution >= 4 is 22.8 Å². The molecule has 1 amide bonds. The third-order valence-electron chi connectivity index (χ3n) is 5.06. The van der Waals surface area contributed by atoms with Crippen LogP contribution < -0.4 is 15.0 Å². The Morgan fingerprint density at radius 1 is 1.23 bits per heavy atom. The summed E-state index contributed by atoms with van der Waals surface area (Å²) in [7, 11) is 3.01. The number of hydrogen-bond donors (Lipinski definition) is 0. The van der Waals surface area contributed by atoms with Gasteiger partial charge in [0.2, 0.25) is 0 Å². The van der Waals surface area contributed by atoms with E-state index in [9.17, 15) is 14.4 Å². The van der Waals surface area contributed by atoms with Crippen molar-refractivity contribution in [1.82, 2.24) is 14.5 Å². The first-order valence-electron chi connectivity index (χ1n) is 10.1. The van der Waals surface area contributed by atoms with Crippen LogP contribution in [-0.2, 0) is 25.6 Å². The number of fused-ring (bicyclic) bond motifs is 1. The van der Waals surface area contributed by atoms with Gasteiger partial charge in [-0.25, -0.2) is 4.98 Å². The Labute approximate surface area is 179 Å². The number of aryl methyl sites for hydroxylation is 1. The van der Waals surface area contributed by atoms with E-state index in [4.69, 9.17) is 18.9 Å². The standard InChI is InChI=1S/C21H27N3O7/c1-14-11-23(7-8-30-14)19(25)12-31-20(26)5-4-6-24-13-22-16-10-18(29-3)17(28-2)9-15(16)21(24)27/h9-10,13-14H,4-8,11-12H2,1-3H3. The molecule has 31 heavy (non-hydrogen) atoms. The minimum absolute atomic E-state index is 0.0247. The number of nitrogens with zero attached hydrogens (tertiary/aromatic N) is 3. The summed E-state index contributed by atoms with van der Waals surface area (Å²) < 4.78 is 22.4. The third kappa shape index (κ3) is 5.52. The van der Waals surface area contributed by atoms with Gasteiger partial charge in [0.15, 0.2) is 18.1 Å². The normalized spacial score (nSPS) is 16.2. The van der Waals surface area contributed by atoms with Crippen LogP contribution in [0.2, 0.25) is 0 Å². The number of benzene rings is 1. The van der Waals surface area contributed by atoms with Gasteiger partial charge in [0.1, 0.15) is 0 Å². The van der Waals surface area contributed by atoms with Crippen LogP contribution in [0.4, 0.5) is 0 Å². The fraction of sp³-hybridized carbons (Fsp3) is 0.524. The zero-order chi connectivity index (χ0) is 22.4. The number of carbonyl (C=O) groups is 2. The van der Waals surface area contributed by atoms with Crippen LogP contribution in [0.15, 0.2) is 23.3 Å². The molecule has 1 aromatic heterocycles. The average molecular weight is 433 g/mol. The van der Waals surface area contributed by atoms with E-state index in [2.05, 4.69) is 4.98 Å². The van der Waals surface area contributed by atoms with Crippen molar-refractivity contribution < 1.29 is 28.5 Å². The molecule has 10 heteroatoms. The van der Waals surface area contributed by atoms with Crippen LogP contribution in [0.5, 0.6) is 11.5 Å². The second-order valence-corrected chi connectivity index (χ2v) is 7.25. The zero-order valence-electron chi connectivity index (χ0n) is 18.0. The van der Waals surface area contributed by atoms with E-state index in [1.54, 1.807) is 17.0 Å². The van der Waals surface area contributed by atoms with Crippen molar-refractivity contribution in [2.24, 2.45) is 0 Å². The van der Waals surface area contributed by atoms with Gasteiger partial charge < -0.3 is 23.8 Å². The smallest absolute Gasteiger partial charge is 0.306 e. The molecule has 1 aliphatic rings. The number of amides is 1. The van der Waals surface area contributed by atoms with Crippen LogP contribution in [0.1, 0.15) is 19.8 Å². The number of aromatic nitrogens is 2. The summed E-state index contributed by atoms with van der Waals surface area (Å²) >= 11 is 0. The highest BCUT2D eigenvalue weighted by molar-refractivity contribution is 5.82. The topological polar surface area (TPSA) is 109 Å². The van der Waals surface area contributed by atoms with Gasteiger partial charge in [0.25, 0.3) is 11.5 Å². The molecule has 1 saturated heterocycles. The molecule has 0 N–H and O–H groups in total. The van der Waals surface area contributed by atoms with Crippen LogP contribution in [0.25, 0.3) is 10.9 Å². The highest BCUT2D eigenvalue weighted by Crippen LogP contribution is 2.29. The minimum atomic E-state index is -0.483. The van der Waals surface area contributed by atoms with Gasteiger partial charge in [-0.3, -0.25) is 19.0 Å². The Morgan fingerprint density at radius 2 is 1.97 bits per heavy atom. The summed E-state index contributed by atoms with van der Waals surface area (Å²) in [6.45, 7) is 3.36. The van der Waals surface area contributed by atoms with Crippen molar-refractivity contribution in [2.75, 3.05) is 40.5 Å². The van der Waals surface area contributed by atoms with E-state index in [1.807, 2.05) is 6.92 Å². The largest absolute Gasteiger partial charge is 0.493 e. The SMILES string of the molecule is COc1cc2ncn(CCCC(=O)OCC(=O)N3CCOC(C)C3)c(=O)c2cc1OC. The molecule has 1 unspecified atom stereocenters. The Morgan fingerprint density at radius 3 is 2.68 bits per heavy atom. The molecule has 3 rings (SSSR count). The van der Waals surface area contributed by atoms with Crippen LogP contribution in [0, 0.1) is 0 Å². The lowest BCUT2D eigenvalue weighted by molar-refractivity contribution is -0.155. The Balaban J connectivity index is 1.52. The maximum atomic E-state index is 12.7. The lowest BCUT2D eigenvalue weighted by Gasteiger charge is -2.30. The molecule has 0 bridgehead atoms. The molecule has 168 valence electrons. The van der Waals surface area contributed by atoms with E-state index < -0.39 is 5.97 Å². The van der Waals surface area contributed by atoms with Gasteiger partial charge in [0, 0.05) is 32.1 Å². The third-order valence-corrected chi connectivity index (χ3v) is 5.06. The van der Waals surface area contributed by atoms with Gasteiger partial charge >= 0.3 is 5.97 Å². The van der Waals surface area contributed by atoms with Crippen molar-refractivity contribution in [3.8, 4) is 11.5 Å². The summed E-state index contributed by atoms with van der Waals surface area (Å²) in [6.07, 6.45) is 1.87. The first-order valence-corrected chi connectivity index (χ1v) is 10.1. The van der Waals surface area contributed by atoms with Gasteiger partial charge in [-0.1, -0.05) is 0 Å². The van der Waals surface area contributed by atoms with Crippen molar-refractivity contribution in [3.05, 3.63) is 28.8 Å². The zero-order valence-corrected chi connectivity index (χ0v) is 18.0. The quantitative estimate of drug-likeness (QED) is 0.567. The lowest BCUT2D eigenvalue weighted by Crippen LogP contribution is -2.46. The number of methoxy groups -OCH3 is 2. The molecule has 2 aromatic rings. The number of esters is 1. The van der Waals surface area contributed by atoms with Gasteiger partial charge in [-0.15, -0.1) is 0 Å². The number of hydrogen-bond acceptors (Lipinski definition) is 8. The lowest BCUT2D eigenvalue weighted by atomic mass is 10.2. The molecular weight excluding hydrogens is 406 g/mol. The molecule has 1 fully saturated rings. The van der Waals surface area contributed by atoms with E-state index in [1.165, 1.54) is 25.1 Å². The predicted octanol–water partition coefficient (Wildman–Crippen LogP) is 0.984. The van der Waals surface area contributed by atoms with Crippen LogP contribution in [0.3, 0.4) is 0 Å². The highest BCUT2D eigenvalue weighted by Gasteiger charge is 2.22. The summed E-state index contributed by atoms with van der Waals surface area (Å²) in [6, 6.07) is 3.23. The van der Waals surface area contributed by atoms with Gasteiger partial charge in [0.05, 0.1) is 44.2 Å². The van der Waals surface area contributed by atoms with Gasteiger partial charge in [-0.2, -0.15) is 0 Å². The minimum Gasteiger partial charge on any atom is -0.493 e. The fourth-order valence-electron chi connectivity index (χ4n) is 3.39. The summed E-state index contributed by atoms with van der Waals surface area (Å²) in [5, 5.41) is 0.396.